The second-order valence-corrected chi connectivity index (χ2v) is 4.30. The van der Waals surface area contributed by atoms with Crippen LogP contribution in [-0.2, 0) is 6.18 Å². The van der Waals surface area contributed by atoms with Crippen molar-refractivity contribution >= 4 is 21.8 Å². The highest BCUT2D eigenvalue weighted by Crippen LogP contribution is 2.33. The number of benzene rings is 1. The summed E-state index contributed by atoms with van der Waals surface area (Å²) in [5.74, 6) is -0.673. The van der Waals surface area contributed by atoms with E-state index in [1.165, 1.54) is 26.2 Å². The maximum absolute atomic E-state index is 12.6. The van der Waals surface area contributed by atoms with Crippen molar-refractivity contribution in [2.75, 3.05) is 14.1 Å². The zero-order valence-electron chi connectivity index (χ0n) is 8.60. The van der Waals surface area contributed by atoms with Gasteiger partial charge >= 0.3 is 6.18 Å². The standard InChI is InChI=1S/C10H9BrF3NO/c1-15(2)9(16)7-5-6(11)3-4-8(7)10(12,13)14/h3-5H,1-2H3. The van der Waals surface area contributed by atoms with E-state index in [0.29, 0.717) is 4.47 Å². The van der Waals surface area contributed by atoms with E-state index in [1.54, 1.807) is 0 Å². The van der Waals surface area contributed by atoms with Gasteiger partial charge in [-0.25, -0.2) is 0 Å². The molecule has 0 aliphatic rings. The van der Waals surface area contributed by atoms with Gasteiger partial charge in [0.25, 0.3) is 5.91 Å². The fourth-order valence-electron chi connectivity index (χ4n) is 1.18. The molecule has 1 rings (SSSR count). The van der Waals surface area contributed by atoms with Crippen LogP contribution in [0.3, 0.4) is 0 Å². The van der Waals surface area contributed by atoms with Gasteiger partial charge < -0.3 is 4.90 Å². The zero-order valence-corrected chi connectivity index (χ0v) is 10.2. The fraction of sp³-hybridized carbons (Fsp3) is 0.300. The number of halogens is 4. The van der Waals surface area contributed by atoms with Crippen molar-refractivity contribution < 1.29 is 18.0 Å². The van der Waals surface area contributed by atoms with Crippen LogP contribution < -0.4 is 0 Å². The lowest BCUT2D eigenvalue weighted by atomic mass is 10.1. The maximum atomic E-state index is 12.6. The number of nitrogens with zero attached hydrogens (tertiary/aromatic N) is 1. The minimum Gasteiger partial charge on any atom is -0.345 e. The van der Waals surface area contributed by atoms with Gasteiger partial charge in [0.2, 0.25) is 0 Å². The van der Waals surface area contributed by atoms with E-state index >= 15 is 0 Å². The summed E-state index contributed by atoms with van der Waals surface area (Å²) in [5, 5.41) is 0. The number of alkyl halides is 3. The quantitative estimate of drug-likeness (QED) is 0.779. The molecule has 0 aliphatic heterocycles. The SMILES string of the molecule is CN(C)C(=O)c1cc(Br)ccc1C(F)(F)F. The Kier molecular flexibility index (Phi) is 3.62. The molecule has 0 saturated heterocycles. The Balaban J connectivity index is 3.35. The topological polar surface area (TPSA) is 20.3 Å². The van der Waals surface area contributed by atoms with Gasteiger partial charge in [0.15, 0.2) is 0 Å². The molecule has 1 aromatic carbocycles. The van der Waals surface area contributed by atoms with Crippen molar-refractivity contribution in [3.63, 3.8) is 0 Å². The summed E-state index contributed by atoms with van der Waals surface area (Å²) in [6.07, 6.45) is -4.53. The number of amides is 1. The minimum absolute atomic E-state index is 0.355. The Labute approximate surface area is 99.2 Å². The number of carbonyl (C=O) groups is 1. The van der Waals surface area contributed by atoms with Crippen LogP contribution in [0.2, 0.25) is 0 Å². The predicted molar refractivity (Wildman–Crippen MR) is 57.2 cm³/mol. The highest BCUT2D eigenvalue weighted by atomic mass is 79.9. The molecule has 0 radical (unpaired) electrons. The molecule has 0 saturated carbocycles. The average Bonchev–Trinajstić information content (AvgIpc) is 2.14. The highest BCUT2D eigenvalue weighted by molar-refractivity contribution is 9.10. The first-order chi connectivity index (χ1) is 7.23. The van der Waals surface area contributed by atoms with Gasteiger partial charge in [0, 0.05) is 18.6 Å². The van der Waals surface area contributed by atoms with Crippen LogP contribution in [0.25, 0.3) is 0 Å². The highest BCUT2D eigenvalue weighted by Gasteiger charge is 2.35. The van der Waals surface area contributed by atoms with E-state index in [2.05, 4.69) is 15.9 Å². The van der Waals surface area contributed by atoms with Gasteiger partial charge in [-0.05, 0) is 18.2 Å². The summed E-state index contributed by atoms with van der Waals surface area (Å²) in [4.78, 5) is 12.7. The molecule has 0 heterocycles. The molecule has 2 nitrogen and oxygen atoms in total. The van der Waals surface area contributed by atoms with Crippen LogP contribution in [0.4, 0.5) is 13.2 Å². The molecule has 0 unspecified atom stereocenters. The number of hydrogen-bond donors (Lipinski definition) is 0. The lowest BCUT2D eigenvalue weighted by Crippen LogP contribution is -2.25. The van der Waals surface area contributed by atoms with Crippen LogP contribution in [0, 0.1) is 0 Å². The van der Waals surface area contributed by atoms with E-state index in [9.17, 15) is 18.0 Å². The third-order valence-electron chi connectivity index (χ3n) is 1.92. The molecule has 6 heteroatoms. The van der Waals surface area contributed by atoms with E-state index in [-0.39, 0.29) is 5.56 Å². The van der Waals surface area contributed by atoms with Gasteiger partial charge in [-0.2, -0.15) is 13.2 Å². The molecule has 0 N–H and O–H groups in total. The molecular formula is C10H9BrF3NO. The van der Waals surface area contributed by atoms with Crippen LogP contribution in [0.5, 0.6) is 0 Å². The van der Waals surface area contributed by atoms with Crippen molar-refractivity contribution in [1.29, 1.82) is 0 Å². The molecule has 0 atom stereocenters. The van der Waals surface area contributed by atoms with E-state index in [1.807, 2.05) is 0 Å². The first kappa shape index (κ1) is 13.0. The Morgan fingerprint density at radius 1 is 1.31 bits per heavy atom. The van der Waals surface area contributed by atoms with Crippen molar-refractivity contribution in [2.45, 2.75) is 6.18 Å². The third-order valence-corrected chi connectivity index (χ3v) is 2.42. The van der Waals surface area contributed by atoms with Crippen LogP contribution in [0.15, 0.2) is 22.7 Å². The van der Waals surface area contributed by atoms with Crippen molar-refractivity contribution in [2.24, 2.45) is 0 Å². The summed E-state index contributed by atoms with van der Waals surface area (Å²) >= 11 is 3.04. The molecule has 0 fully saturated rings. The molecule has 88 valence electrons. The molecule has 1 amide bonds. The summed E-state index contributed by atoms with van der Waals surface area (Å²) < 4.78 is 38.3. The van der Waals surface area contributed by atoms with Gasteiger partial charge in [0.1, 0.15) is 0 Å². The lowest BCUT2D eigenvalue weighted by molar-refractivity contribution is -0.138. The van der Waals surface area contributed by atoms with Crippen LogP contribution >= 0.6 is 15.9 Å². The Morgan fingerprint density at radius 2 is 1.88 bits per heavy atom. The van der Waals surface area contributed by atoms with Gasteiger partial charge in [-0.1, -0.05) is 15.9 Å². The van der Waals surface area contributed by atoms with Gasteiger partial charge in [0.05, 0.1) is 11.1 Å². The Morgan fingerprint density at radius 3 is 2.31 bits per heavy atom. The Hall–Kier alpha value is -1.04. The van der Waals surface area contributed by atoms with E-state index in [0.717, 1.165) is 11.0 Å². The third kappa shape index (κ3) is 2.75. The zero-order chi connectivity index (χ0) is 12.5. The fourth-order valence-corrected chi connectivity index (χ4v) is 1.54. The summed E-state index contributed by atoms with van der Waals surface area (Å²) in [5.41, 5.74) is -1.28. The number of rotatable bonds is 1. The van der Waals surface area contributed by atoms with Crippen LogP contribution in [-0.4, -0.2) is 24.9 Å². The molecule has 0 spiro atoms. The molecule has 0 aliphatic carbocycles. The van der Waals surface area contributed by atoms with Gasteiger partial charge in [-0.15, -0.1) is 0 Å². The molecule has 0 bridgehead atoms. The maximum Gasteiger partial charge on any atom is 0.417 e. The first-order valence-corrected chi connectivity index (χ1v) is 5.11. The smallest absolute Gasteiger partial charge is 0.345 e. The van der Waals surface area contributed by atoms with Crippen LogP contribution in [0.1, 0.15) is 15.9 Å². The van der Waals surface area contributed by atoms with E-state index in [4.69, 9.17) is 0 Å². The summed E-state index contributed by atoms with van der Waals surface area (Å²) in [7, 11) is 2.81. The summed E-state index contributed by atoms with van der Waals surface area (Å²) in [6.45, 7) is 0. The lowest BCUT2D eigenvalue weighted by Gasteiger charge is -2.16. The van der Waals surface area contributed by atoms with Crippen molar-refractivity contribution in [1.82, 2.24) is 4.90 Å². The Bertz CT molecular complexity index is 415. The largest absolute Gasteiger partial charge is 0.417 e. The van der Waals surface area contributed by atoms with Crippen molar-refractivity contribution in [3.05, 3.63) is 33.8 Å². The first-order valence-electron chi connectivity index (χ1n) is 4.32. The number of carbonyl (C=O) groups excluding carboxylic acids is 1. The average molecular weight is 296 g/mol. The van der Waals surface area contributed by atoms with Crippen molar-refractivity contribution in [3.8, 4) is 0 Å². The normalized spacial score (nSPS) is 11.4. The second kappa shape index (κ2) is 4.45. The van der Waals surface area contributed by atoms with E-state index < -0.39 is 17.6 Å². The second-order valence-electron chi connectivity index (χ2n) is 3.39. The number of hydrogen-bond acceptors (Lipinski definition) is 1. The molecule has 1 aromatic rings. The molecule has 16 heavy (non-hydrogen) atoms. The van der Waals surface area contributed by atoms with Gasteiger partial charge in [-0.3, -0.25) is 4.79 Å². The minimum atomic E-state index is -4.53. The molecular weight excluding hydrogens is 287 g/mol. The predicted octanol–water partition coefficient (Wildman–Crippen LogP) is 3.17. The summed E-state index contributed by atoms with van der Waals surface area (Å²) in [6, 6.07) is 3.32. The monoisotopic (exact) mass is 295 g/mol. The molecule has 0 aromatic heterocycles.